The van der Waals surface area contributed by atoms with Crippen LogP contribution in [0.4, 0.5) is 4.39 Å². The van der Waals surface area contributed by atoms with Gasteiger partial charge in [-0.05, 0) is 57.9 Å². The summed E-state index contributed by atoms with van der Waals surface area (Å²) in [6, 6.07) is 4.83. The van der Waals surface area contributed by atoms with Gasteiger partial charge in [0, 0.05) is 42.3 Å². The summed E-state index contributed by atoms with van der Waals surface area (Å²) in [5, 5.41) is 11.0. The van der Waals surface area contributed by atoms with Crippen LogP contribution in [0.1, 0.15) is 33.3 Å². The maximum Gasteiger partial charge on any atom is 0.191 e. The average molecular weight is 475 g/mol. The van der Waals surface area contributed by atoms with Crippen LogP contribution in [0.25, 0.3) is 10.9 Å². The summed E-state index contributed by atoms with van der Waals surface area (Å²) in [5.41, 5.74) is 2.17. The van der Waals surface area contributed by atoms with Gasteiger partial charge in [-0.25, -0.2) is 4.39 Å². The number of hydrogen-bond donors (Lipinski definition) is 4. The maximum absolute atomic E-state index is 13.4. The number of hydrogen-bond acceptors (Lipinski definition) is 2. The van der Waals surface area contributed by atoms with E-state index in [2.05, 4.69) is 46.7 Å². The summed E-state index contributed by atoms with van der Waals surface area (Å²) >= 11 is 0. The molecule has 5 nitrogen and oxygen atoms in total. The lowest BCUT2D eigenvalue weighted by molar-refractivity contribution is 0.432. The van der Waals surface area contributed by atoms with E-state index in [-0.39, 0.29) is 35.3 Å². The minimum Gasteiger partial charge on any atom is -0.361 e. The number of guanidine groups is 1. The largest absolute Gasteiger partial charge is 0.361 e. The van der Waals surface area contributed by atoms with Crippen LogP contribution in [-0.4, -0.2) is 42.7 Å². The van der Waals surface area contributed by atoms with Crippen LogP contribution < -0.4 is 16.0 Å². The Balaban J connectivity index is 0.00000338. The lowest BCUT2D eigenvalue weighted by Crippen LogP contribution is -2.40. The third-order valence-corrected chi connectivity index (χ3v) is 3.80. The zero-order valence-corrected chi connectivity index (χ0v) is 18.4. The Morgan fingerprint density at radius 3 is 2.65 bits per heavy atom. The van der Waals surface area contributed by atoms with Gasteiger partial charge in [-0.1, -0.05) is 0 Å². The van der Waals surface area contributed by atoms with Crippen LogP contribution >= 0.6 is 24.0 Å². The fourth-order valence-electron chi connectivity index (χ4n) is 2.61. The summed E-state index contributed by atoms with van der Waals surface area (Å²) < 4.78 is 13.4. The molecule has 2 rings (SSSR count). The Hall–Kier alpha value is -1.35. The highest BCUT2D eigenvalue weighted by molar-refractivity contribution is 14.0. The van der Waals surface area contributed by atoms with Crippen molar-refractivity contribution in [3.05, 3.63) is 35.8 Å². The first-order valence-corrected chi connectivity index (χ1v) is 8.92. The van der Waals surface area contributed by atoms with Gasteiger partial charge in [0.05, 0.1) is 6.54 Å². The number of rotatable bonds is 7. The molecule has 0 atom stereocenters. The highest BCUT2D eigenvalue weighted by Crippen LogP contribution is 2.19. The molecule has 1 heterocycles. The zero-order valence-electron chi connectivity index (χ0n) is 16.1. The molecule has 0 fully saturated rings. The molecule has 0 radical (unpaired) electrons. The van der Waals surface area contributed by atoms with Gasteiger partial charge in [-0.2, -0.15) is 0 Å². The van der Waals surface area contributed by atoms with E-state index < -0.39 is 0 Å². The lowest BCUT2D eigenvalue weighted by Gasteiger charge is -2.20. The normalized spacial score (nSPS) is 12.1. The molecule has 0 spiro atoms. The quantitative estimate of drug-likeness (QED) is 0.215. The molecule has 0 unspecified atom stereocenters. The van der Waals surface area contributed by atoms with Crippen LogP contribution in [0.2, 0.25) is 0 Å². The van der Waals surface area contributed by atoms with Crippen LogP contribution in [0.15, 0.2) is 29.4 Å². The van der Waals surface area contributed by atoms with Gasteiger partial charge in [0.1, 0.15) is 5.82 Å². The van der Waals surface area contributed by atoms with Gasteiger partial charge in [0.15, 0.2) is 5.96 Å². The van der Waals surface area contributed by atoms with Gasteiger partial charge in [-0.3, -0.25) is 4.99 Å². The molecule has 1 aromatic carbocycles. The second-order valence-corrected chi connectivity index (χ2v) is 7.12. The van der Waals surface area contributed by atoms with Crippen molar-refractivity contribution in [3.8, 4) is 0 Å². The predicted octanol–water partition coefficient (Wildman–Crippen LogP) is 3.41. The second kappa shape index (κ2) is 10.7. The molecule has 0 aliphatic carbocycles. The van der Waals surface area contributed by atoms with Crippen molar-refractivity contribution in [2.45, 2.75) is 39.7 Å². The van der Waals surface area contributed by atoms with E-state index in [1.54, 1.807) is 12.1 Å². The molecule has 0 aliphatic heterocycles. The van der Waals surface area contributed by atoms with E-state index in [9.17, 15) is 4.39 Å². The van der Waals surface area contributed by atoms with Crippen molar-refractivity contribution in [3.63, 3.8) is 0 Å². The van der Waals surface area contributed by atoms with Crippen LogP contribution in [0.5, 0.6) is 0 Å². The molecule has 4 N–H and O–H groups in total. The number of nitrogens with zero attached hydrogens (tertiary/aromatic N) is 1. The van der Waals surface area contributed by atoms with E-state index in [1.807, 2.05) is 13.1 Å². The highest BCUT2D eigenvalue weighted by atomic mass is 127. The van der Waals surface area contributed by atoms with E-state index in [0.29, 0.717) is 6.54 Å². The molecule has 1 aromatic heterocycles. The summed E-state index contributed by atoms with van der Waals surface area (Å²) in [6.45, 7) is 11.6. The molecular formula is C19H31FIN5. The molecule has 0 aliphatic rings. The first-order chi connectivity index (χ1) is 11.9. The van der Waals surface area contributed by atoms with E-state index in [4.69, 9.17) is 0 Å². The molecular weight excluding hydrogens is 444 g/mol. The number of fused-ring (bicyclic) bond motifs is 1. The van der Waals surface area contributed by atoms with Gasteiger partial charge >= 0.3 is 0 Å². The first kappa shape index (κ1) is 22.7. The smallest absolute Gasteiger partial charge is 0.191 e. The Kier molecular flexibility index (Phi) is 9.35. The minimum atomic E-state index is -0.206. The maximum atomic E-state index is 13.4. The molecule has 26 heavy (non-hydrogen) atoms. The number of aromatic nitrogens is 1. The molecule has 0 bridgehead atoms. The Morgan fingerprint density at radius 2 is 1.96 bits per heavy atom. The van der Waals surface area contributed by atoms with Gasteiger partial charge < -0.3 is 20.9 Å². The van der Waals surface area contributed by atoms with Crippen molar-refractivity contribution in [1.82, 2.24) is 20.9 Å². The topological polar surface area (TPSA) is 64.2 Å². The van der Waals surface area contributed by atoms with Crippen molar-refractivity contribution >= 4 is 40.8 Å². The van der Waals surface area contributed by atoms with Crippen LogP contribution in [0, 0.1) is 5.82 Å². The Labute approximate surface area is 172 Å². The zero-order chi connectivity index (χ0) is 18.3. The minimum absolute atomic E-state index is 0. The number of nitrogens with one attached hydrogen (secondary N) is 4. The van der Waals surface area contributed by atoms with E-state index in [1.165, 1.54) is 6.07 Å². The third kappa shape index (κ3) is 7.49. The fraction of sp³-hybridized carbons (Fsp3) is 0.526. The van der Waals surface area contributed by atoms with Crippen LogP contribution in [0.3, 0.4) is 0 Å². The van der Waals surface area contributed by atoms with Crippen molar-refractivity contribution in [2.75, 3.05) is 26.2 Å². The number of aliphatic imine (C=N–C) groups is 1. The standard InChI is InChI=1S/C19H30FN5.HI/c1-5-21-18(23-10-11-25-19(2,3)4)22-9-8-14-13-24-17-7-6-15(20)12-16(14)17;/h6-7,12-13,24-25H,5,8-11H2,1-4H3,(H2,21,22,23);1H. The molecule has 146 valence electrons. The average Bonchev–Trinajstić information content (AvgIpc) is 2.93. The Morgan fingerprint density at radius 1 is 1.19 bits per heavy atom. The molecule has 2 aromatic rings. The number of benzene rings is 1. The second-order valence-electron chi connectivity index (χ2n) is 7.12. The van der Waals surface area contributed by atoms with Crippen molar-refractivity contribution in [1.29, 1.82) is 0 Å². The third-order valence-electron chi connectivity index (χ3n) is 3.80. The van der Waals surface area contributed by atoms with E-state index in [0.717, 1.165) is 48.5 Å². The highest BCUT2D eigenvalue weighted by Gasteiger charge is 2.08. The predicted molar refractivity (Wildman–Crippen MR) is 119 cm³/mol. The molecule has 0 saturated heterocycles. The summed E-state index contributed by atoms with van der Waals surface area (Å²) in [5.74, 6) is 0.604. The monoisotopic (exact) mass is 475 g/mol. The number of aromatic amines is 1. The van der Waals surface area contributed by atoms with E-state index >= 15 is 0 Å². The molecule has 0 amide bonds. The summed E-state index contributed by atoms with van der Waals surface area (Å²) in [6.07, 6.45) is 2.75. The molecule has 0 saturated carbocycles. The van der Waals surface area contributed by atoms with Crippen molar-refractivity contribution < 1.29 is 4.39 Å². The first-order valence-electron chi connectivity index (χ1n) is 8.92. The number of halogens is 2. The van der Waals surface area contributed by atoms with Gasteiger partial charge in [0.2, 0.25) is 0 Å². The molecule has 7 heteroatoms. The Bertz CT molecular complexity index is 706. The number of H-pyrrole nitrogens is 1. The lowest BCUT2D eigenvalue weighted by atomic mass is 10.1. The van der Waals surface area contributed by atoms with Crippen LogP contribution in [-0.2, 0) is 6.42 Å². The SMILES string of the molecule is CCNC(=NCCNC(C)(C)C)NCCc1c[nH]c2ccc(F)cc12.I. The van der Waals surface area contributed by atoms with Gasteiger partial charge in [0.25, 0.3) is 0 Å². The summed E-state index contributed by atoms with van der Waals surface area (Å²) in [4.78, 5) is 7.76. The van der Waals surface area contributed by atoms with Gasteiger partial charge in [-0.15, -0.1) is 24.0 Å². The van der Waals surface area contributed by atoms with Crippen molar-refractivity contribution in [2.24, 2.45) is 4.99 Å². The fourth-order valence-corrected chi connectivity index (χ4v) is 2.61. The summed E-state index contributed by atoms with van der Waals surface area (Å²) in [7, 11) is 0.